The van der Waals surface area contributed by atoms with Gasteiger partial charge in [0.05, 0.1) is 29.5 Å². The number of hydrogen-bond donors (Lipinski definition) is 1. The summed E-state index contributed by atoms with van der Waals surface area (Å²) >= 11 is 0. The van der Waals surface area contributed by atoms with E-state index in [-0.39, 0.29) is 5.91 Å². The molecule has 2 heterocycles. The normalized spacial score (nSPS) is 11.0. The molecule has 26 heavy (non-hydrogen) atoms. The van der Waals surface area contributed by atoms with Crippen molar-refractivity contribution in [2.75, 3.05) is 0 Å². The Hall–Kier alpha value is -3.34. The van der Waals surface area contributed by atoms with Gasteiger partial charge in [0.15, 0.2) is 0 Å². The monoisotopic (exact) mass is 345 g/mol. The van der Waals surface area contributed by atoms with Crippen LogP contribution in [-0.4, -0.2) is 15.5 Å². The molecule has 0 aliphatic carbocycles. The van der Waals surface area contributed by atoms with Gasteiger partial charge in [-0.2, -0.15) is 0 Å². The molecule has 5 heteroatoms. The van der Waals surface area contributed by atoms with Crippen molar-refractivity contribution in [3.63, 3.8) is 0 Å². The fourth-order valence-electron chi connectivity index (χ4n) is 3.10. The largest absolute Gasteiger partial charge is 0.467 e. The minimum absolute atomic E-state index is 0.149. The van der Waals surface area contributed by atoms with Crippen molar-refractivity contribution < 1.29 is 9.21 Å². The van der Waals surface area contributed by atoms with Crippen molar-refractivity contribution in [1.29, 1.82) is 0 Å². The molecule has 0 unspecified atom stereocenters. The lowest BCUT2D eigenvalue weighted by atomic mass is 10.1. The second-order valence-electron chi connectivity index (χ2n) is 6.37. The van der Waals surface area contributed by atoms with Gasteiger partial charge in [-0.3, -0.25) is 9.36 Å². The van der Waals surface area contributed by atoms with E-state index in [0.717, 1.165) is 22.5 Å². The molecule has 0 bridgehead atoms. The standard InChI is InChI=1S/C21H19N3O2/c1-14-5-7-19(15(2)10-14)24-13-23-18-11-16(6-8-20(18)24)21(25)22-12-17-4-3-9-26-17/h3-11,13H,12H2,1-2H3,(H,22,25). The molecule has 0 atom stereocenters. The Morgan fingerprint density at radius 2 is 2.04 bits per heavy atom. The molecule has 0 saturated heterocycles. The van der Waals surface area contributed by atoms with E-state index in [4.69, 9.17) is 4.42 Å². The molecule has 0 aliphatic heterocycles. The topological polar surface area (TPSA) is 60.1 Å². The minimum atomic E-state index is -0.149. The highest BCUT2D eigenvalue weighted by molar-refractivity contribution is 5.97. The smallest absolute Gasteiger partial charge is 0.251 e. The van der Waals surface area contributed by atoms with Gasteiger partial charge in [0.2, 0.25) is 0 Å². The number of aromatic nitrogens is 2. The molecule has 0 aliphatic rings. The van der Waals surface area contributed by atoms with Gasteiger partial charge in [-0.1, -0.05) is 17.7 Å². The van der Waals surface area contributed by atoms with Gasteiger partial charge in [0.25, 0.3) is 5.91 Å². The molecule has 2 aromatic heterocycles. The molecule has 0 radical (unpaired) electrons. The summed E-state index contributed by atoms with van der Waals surface area (Å²) in [5.41, 5.74) is 5.84. The molecule has 0 fully saturated rings. The molecule has 5 nitrogen and oxygen atoms in total. The second kappa shape index (κ2) is 6.52. The summed E-state index contributed by atoms with van der Waals surface area (Å²) in [6, 6.07) is 15.5. The van der Waals surface area contributed by atoms with Gasteiger partial charge in [0.1, 0.15) is 12.1 Å². The Morgan fingerprint density at radius 1 is 1.15 bits per heavy atom. The summed E-state index contributed by atoms with van der Waals surface area (Å²) in [5, 5.41) is 2.85. The Balaban J connectivity index is 1.61. The molecule has 130 valence electrons. The maximum Gasteiger partial charge on any atom is 0.251 e. The number of nitrogens with zero attached hydrogens (tertiary/aromatic N) is 2. The number of aryl methyl sites for hydroxylation is 2. The lowest BCUT2D eigenvalue weighted by Gasteiger charge is -2.09. The molecule has 4 aromatic rings. The quantitative estimate of drug-likeness (QED) is 0.604. The van der Waals surface area contributed by atoms with Gasteiger partial charge in [-0.15, -0.1) is 0 Å². The first-order chi connectivity index (χ1) is 12.6. The summed E-state index contributed by atoms with van der Waals surface area (Å²) in [6.45, 7) is 4.53. The molecule has 1 amide bonds. The zero-order valence-electron chi connectivity index (χ0n) is 14.7. The van der Waals surface area contributed by atoms with Crippen LogP contribution in [-0.2, 0) is 6.54 Å². The van der Waals surface area contributed by atoms with Crippen LogP contribution in [0.2, 0.25) is 0 Å². The third-order valence-corrected chi connectivity index (χ3v) is 4.42. The Labute approximate surface area is 151 Å². The van der Waals surface area contributed by atoms with E-state index in [1.54, 1.807) is 18.7 Å². The molecule has 0 spiro atoms. The zero-order chi connectivity index (χ0) is 18.1. The van der Waals surface area contributed by atoms with Gasteiger partial charge in [0, 0.05) is 5.56 Å². The summed E-state index contributed by atoms with van der Waals surface area (Å²) in [6.07, 6.45) is 3.39. The first-order valence-corrected chi connectivity index (χ1v) is 8.47. The molecule has 1 N–H and O–H groups in total. The Bertz CT molecular complexity index is 1080. The first kappa shape index (κ1) is 16.1. The molecule has 0 saturated carbocycles. The lowest BCUT2D eigenvalue weighted by molar-refractivity contribution is 0.0948. The fraction of sp³-hybridized carbons (Fsp3) is 0.143. The zero-order valence-corrected chi connectivity index (χ0v) is 14.7. The second-order valence-corrected chi connectivity index (χ2v) is 6.37. The predicted octanol–water partition coefficient (Wildman–Crippen LogP) is 4.17. The van der Waals surface area contributed by atoms with E-state index >= 15 is 0 Å². The van der Waals surface area contributed by atoms with E-state index in [2.05, 4.69) is 46.9 Å². The summed E-state index contributed by atoms with van der Waals surface area (Å²) in [7, 11) is 0. The summed E-state index contributed by atoms with van der Waals surface area (Å²) < 4.78 is 7.28. The number of furan rings is 1. The van der Waals surface area contributed by atoms with E-state index in [1.807, 2.05) is 24.3 Å². The number of benzene rings is 2. The van der Waals surface area contributed by atoms with E-state index in [9.17, 15) is 4.79 Å². The van der Waals surface area contributed by atoms with Crippen molar-refractivity contribution in [2.45, 2.75) is 20.4 Å². The van der Waals surface area contributed by atoms with Crippen molar-refractivity contribution >= 4 is 16.9 Å². The number of carbonyl (C=O) groups excluding carboxylic acids is 1. The number of carbonyl (C=O) groups is 1. The van der Waals surface area contributed by atoms with Gasteiger partial charge < -0.3 is 9.73 Å². The summed E-state index contributed by atoms with van der Waals surface area (Å²) in [5.74, 6) is 0.572. The molecular formula is C21H19N3O2. The lowest BCUT2D eigenvalue weighted by Crippen LogP contribution is -2.22. The van der Waals surface area contributed by atoms with Crippen molar-refractivity contribution in [1.82, 2.24) is 14.9 Å². The minimum Gasteiger partial charge on any atom is -0.467 e. The highest BCUT2D eigenvalue weighted by Crippen LogP contribution is 2.22. The molecule has 4 rings (SSSR count). The highest BCUT2D eigenvalue weighted by Gasteiger charge is 2.11. The third-order valence-electron chi connectivity index (χ3n) is 4.42. The Kier molecular flexibility index (Phi) is 4.05. The fourth-order valence-corrected chi connectivity index (χ4v) is 3.10. The van der Waals surface area contributed by atoms with Crippen molar-refractivity contribution in [3.05, 3.63) is 83.6 Å². The maximum absolute atomic E-state index is 12.4. The number of hydrogen-bond acceptors (Lipinski definition) is 3. The van der Waals surface area contributed by atoms with Crippen molar-refractivity contribution in [3.8, 4) is 5.69 Å². The van der Waals surface area contributed by atoms with Crippen LogP contribution >= 0.6 is 0 Å². The van der Waals surface area contributed by atoms with Gasteiger partial charge in [-0.05, 0) is 55.8 Å². The SMILES string of the molecule is Cc1ccc(-n2cnc3cc(C(=O)NCc4ccco4)ccc32)c(C)c1. The van der Waals surface area contributed by atoms with Crippen molar-refractivity contribution in [2.24, 2.45) is 0 Å². The van der Waals surface area contributed by atoms with Crippen LogP contribution in [0.1, 0.15) is 27.2 Å². The average molecular weight is 345 g/mol. The van der Waals surface area contributed by atoms with E-state index < -0.39 is 0 Å². The van der Waals surface area contributed by atoms with Crippen LogP contribution in [0.15, 0.2) is 65.5 Å². The molecular weight excluding hydrogens is 326 g/mol. The number of amides is 1. The van der Waals surface area contributed by atoms with Gasteiger partial charge >= 0.3 is 0 Å². The van der Waals surface area contributed by atoms with E-state index in [1.165, 1.54) is 11.1 Å². The average Bonchev–Trinajstić information content (AvgIpc) is 3.29. The number of nitrogens with one attached hydrogen (secondary N) is 1. The van der Waals surface area contributed by atoms with Crippen LogP contribution in [0.4, 0.5) is 0 Å². The highest BCUT2D eigenvalue weighted by atomic mass is 16.3. The predicted molar refractivity (Wildman–Crippen MR) is 100 cm³/mol. The maximum atomic E-state index is 12.4. The third kappa shape index (κ3) is 2.99. The Morgan fingerprint density at radius 3 is 2.81 bits per heavy atom. The van der Waals surface area contributed by atoms with Crippen LogP contribution < -0.4 is 5.32 Å². The summed E-state index contributed by atoms with van der Waals surface area (Å²) in [4.78, 5) is 16.8. The number of imidazole rings is 1. The van der Waals surface area contributed by atoms with Crippen LogP contribution in [0.3, 0.4) is 0 Å². The van der Waals surface area contributed by atoms with Crippen LogP contribution in [0.25, 0.3) is 16.7 Å². The number of rotatable bonds is 4. The number of fused-ring (bicyclic) bond motifs is 1. The van der Waals surface area contributed by atoms with Crippen LogP contribution in [0, 0.1) is 13.8 Å². The van der Waals surface area contributed by atoms with Gasteiger partial charge in [-0.25, -0.2) is 4.98 Å². The first-order valence-electron chi connectivity index (χ1n) is 8.47. The van der Waals surface area contributed by atoms with Crippen LogP contribution in [0.5, 0.6) is 0 Å². The van der Waals surface area contributed by atoms with E-state index in [0.29, 0.717) is 12.1 Å². The molecule has 2 aromatic carbocycles.